The molecule has 3 aliphatic rings. The van der Waals surface area contributed by atoms with Crippen LogP contribution < -0.4 is 4.90 Å². The molecule has 0 spiro atoms. The van der Waals surface area contributed by atoms with E-state index < -0.39 is 0 Å². The summed E-state index contributed by atoms with van der Waals surface area (Å²) in [5, 5.41) is 2.61. The third kappa shape index (κ3) is 3.85. The first kappa shape index (κ1) is 27.6. The maximum absolute atomic E-state index is 2.64. The van der Waals surface area contributed by atoms with E-state index in [1.165, 1.54) is 89.0 Å². The van der Waals surface area contributed by atoms with E-state index in [1.807, 2.05) is 0 Å². The van der Waals surface area contributed by atoms with E-state index in [4.69, 9.17) is 0 Å². The Balaban J connectivity index is 1.17. The molecule has 50 heavy (non-hydrogen) atoms. The molecule has 2 nitrogen and oxygen atoms in total. The molecule has 2 atom stereocenters. The van der Waals surface area contributed by atoms with Gasteiger partial charge < -0.3 is 9.47 Å². The highest BCUT2D eigenvalue weighted by Crippen LogP contribution is 2.60. The number of benzene rings is 7. The van der Waals surface area contributed by atoms with Gasteiger partial charge in [0.25, 0.3) is 0 Å². The Morgan fingerprint density at radius 1 is 0.440 bits per heavy atom. The number of hydrogen-bond acceptors (Lipinski definition) is 1. The highest BCUT2D eigenvalue weighted by Gasteiger charge is 2.48. The fourth-order valence-corrected chi connectivity index (χ4v) is 9.01. The summed E-state index contributed by atoms with van der Waals surface area (Å²) in [6, 6.07) is 62.5. The molecule has 0 radical (unpaired) electrons. The maximum Gasteiger partial charge on any atom is 0.0857 e. The minimum absolute atomic E-state index is 0.145. The third-order valence-corrected chi connectivity index (χ3v) is 11.1. The number of rotatable bonds is 4. The van der Waals surface area contributed by atoms with Gasteiger partial charge in [-0.25, -0.2) is 0 Å². The fourth-order valence-electron chi connectivity index (χ4n) is 9.01. The maximum atomic E-state index is 2.64. The van der Waals surface area contributed by atoms with Crippen LogP contribution in [0.15, 0.2) is 182 Å². The molecule has 0 fully saturated rings. The highest BCUT2D eigenvalue weighted by atomic mass is 15.3. The zero-order valence-electron chi connectivity index (χ0n) is 27.4. The molecule has 0 bridgehead atoms. The quantitative estimate of drug-likeness (QED) is 0.187. The molecule has 234 valence electrons. The molecule has 0 N–H and O–H groups in total. The standard InChI is InChI=1S/C48H32N2/c1-3-13-31(14-4-1)33-17-11-19-35(29-33)37-25-27-43-47-45(37)39-21-7-9-23-41(39)49(47)44-28-26-38(46-40-22-8-10-24-42(40)50(43)48(44)46)36-20-12-18-34(30-36)32-15-5-2-6-16-32/h1-30,45,47H. The second-order valence-electron chi connectivity index (χ2n) is 13.7. The lowest BCUT2D eigenvalue weighted by atomic mass is 9.78. The summed E-state index contributed by atoms with van der Waals surface area (Å²) >= 11 is 0. The van der Waals surface area contributed by atoms with E-state index in [0.29, 0.717) is 0 Å². The lowest BCUT2D eigenvalue weighted by Gasteiger charge is -2.40. The first-order chi connectivity index (χ1) is 24.8. The minimum Gasteiger partial charge on any atom is -0.329 e. The predicted octanol–water partition coefficient (Wildman–Crippen LogP) is 12.4. The van der Waals surface area contributed by atoms with Crippen molar-refractivity contribution in [3.05, 3.63) is 193 Å². The van der Waals surface area contributed by atoms with Crippen LogP contribution in [0.2, 0.25) is 0 Å². The number of nitrogens with zero attached hydrogens (tertiary/aromatic N) is 2. The van der Waals surface area contributed by atoms with Crippen molar-refractivity contribution in [2.24, 2.45) is 0 Å². The summed E-state index contributed by atoms with van der Waals surface area (Å²) in [4.78, 5) is 2.64. The summed E-state index contributed by atoms with van der Waals surface area (Å²) in [5.74, 6) is 0.198. The van der Waals surface area contributed by atoms with Gasteiger partial charge in [0.1, 0.15) is 0 Å². The van der Waals surface area contributed by atoms with Gasteiger partial charge in [-0.05, 0) is 86.5 Å². The number of fused-ring (bicyclic) bond motifs is 8. The van der Waals surface area contributed by atoms with Gasteiger partial charge in [-0.3, -0.25) is 0 Å². The van der Waals surface area contributed by atoms with Gasteiger partial charge in [0.05, 0.1) is 22.8 Å². The van der Waals surface area contributed by atoms with Gasteiger partial charge in [0.2, 0.25) is 0 Å². The first-order valence-electron chi connectivity index (χ1n) is 17.5. The van der Waals surface area contributed by atoms with Gasteiger partial charge >= 0.3 is 0 Å². The molecule has 8 aromatic rings. The van der Waals surface area contributed by atoms with Crippen molar-refractivity contribution >= 4 is 44.5 Å². The van der Waals surface area contributed by atoms with Crippen LogP contribution in [0.25, 0.3) is 66.5 Å². The van der Waals surface area contributed by atoms with Crippen LogP contribution >= 0.6 is 0 Å². The Morgan fingerprint density at radius 2 is 1.06 bits per heavy atom. The van der Waals surface area contributed by atoms with E-state index >= 15 is 0 Å². The van der Waals surface area contributed by atoms with Gasteiger partial charge in [-0.15, -0.1) is 0 Å². The lowest BCUT2D eigenvalue weighted by Crippen LogP contribution is -2.38. The third-order valence-electron chi connectivity index (χ3n) is 11.1. The largest absolute Gasteiger partial charge is 0.329 e. The van der Waals surface area contributed by atoms with Crippen LogP contribution in [0.5, 0.6) is 0 Å². The zero-order chi connectivity index (χ0) is 32.8. The molecule has 1 aliphatic carbocycles. The normalized spacial score (nSPS) is 17.0. The highest BCUT2D eigenvalue weighted by molar-refractivity contribution is 6.22. The van der Waals surface area contributed by atoms with Crippen molar-refractivity contribution < 1.29 is 0 Å². The minimum atomic E-state index is 0.145. The van der Waals surface area contributed by atoms with Crippen molar-refractivity contribution in [1.82, 2.24) is 4.57 Å². The van der Waals surface area contributed by atoms with Crippen molar-refractivity contribution in [3.8, 4) is 33.4 Å². The molecule has 0 saturated carbocycles. The average molecular weight is 637 g/mol. The molecule has 2 heteroatoms. The number of para-hydroxylation sites is 2. The van der Waals surface area contributed by atoms with Crippen molar-refractivity contribution in [3.63, 3.8) is 0 Å². The smallest absolute Gasteiger partial charge is 0.0857 e. The second kappa shape index (κ2) is 10.6. The molecule has 7 aromatic carbocycles. The van der Waals surface area contributed by atoms with Crippen LogP contribution in [0.1, 0.15) is 17.0 Å². The molecule has 11 rings (SSSR count). The summed E-state index contributed by atoms with van der Waals surface area (Å²) in [7, 11) is 0. The monoisotopic (exact) mass is 636 g/mol. The van der Waals surface area contributed by atoms with E-state index in [9.17, 15) is 0 Å². The van der Waals surface area contributed by atoms with Crippen LogP contribution in [0, 0.1) is 0 Å². The molecule has 3 heterocycles. The number of anilines is 2. The van der Waals surface area contributed by atoms with Gasteiger partial charge in [-0.2, -0.15) is 0 Å². The number of allylic oxidation sites excluding steroid dienone is 2. The predicted molar refractivity (Wildman–Crippen MR) is 210 cm³/mol. The van der Waals surface area contributed by atoms with E-state index in [2.05, 4.69) is 191 Å². The Hall–Kier alpha value is -6.38. The summed E-state index contributed by atoms with van der Waals surface area (Å²) in [5.41, 5.74) is 18.0. The van der Waals surface area contributed by atoms with Crippen molar-refractivity contribution in [2.45, 2.75) is 12.0 Å². The van der Waals surface area contributed by atoms with Crippen LogP contribution in [0.4, 0.5) is 11.4 Å². The molecular formula is C48H32N2. The Kier molecular flexibility index (Phi) is 5.82. The van der Waals surface area contributed by atoms with Crippen LogP contribution in [-0.2, 0) is 0 Å². The van der Waals surface area contributed by atoms with Gasteiger partial charge in [0, 0.05) is 28.1 Å². The van der Waals surface area contributed by atoms with E-state index in [0.717, 1.165) is 0 Å². The van der Waals surface area contributed by atoms with Gasteiger partial charge in [-0.1, -0.05) is 146 Å². The SMILES string of the molecule is C1=C(c2cccc(-c3ccccc3)c2)C2c3ccccc3N3c4ccc(-c5cccc(-c6ccccc6)c5)c5c6ccccc6n(c45)C(=C1)C23. The molecule has 2 aliphatic heterocycles. The Morgan fingerprint density at radius 3 is 1.84 bits per heavy atom. The zero-order valence-corrected chi connectivity index (χ0v) is 27.4. The second-order valence-corrected chi connectivity index (χ2v) is 13.7. The molecule has 1 aromatic heterocycles. The molecule has 2 unspecified atom stereocenters. The summed E-state index contributed by atoms with van der Waals surface area (Å²) in [6.07, 6.45) is 4.81. The van der Waals surface area contributed by atoms with Gasteiger partial charge in [0.15, 0.2) is 0 Å². The number of aromatic nitrogens is 1. The topological polar surface area (TPSA) is 8.17 Å². The van der Waals surface area contributed by atoms with E-state index in [-0.39, 0.29) is 12.0 Å². The van der Waals surface area contributed by atoms with Crippen molar-refractivity contribution in [2.75, 3.05) is 4.90 Å². The van der Waals surface area contributed by atoms with Crippen LogP contribution in [-0.4, -0.2) is 10.6 Å². The lowest BCUT2D eigenvalue weighted by molar-refractivity contribution is 0.737. The Bertz CT molecular complexity index is 2710. The summed E-state index contributed by atoms with van der Waals surface area (Å²) < 4.78 is 2.58. The fraction of sp³-hybridized carbons (Fsp3) is 0.0417. The summed E-state index contributed by atoms with van der Waals surface area (Å²) in [6.45, 7) is 0. The van der Waals surface area contributed by atoms with E-state index in [1.54, 1.807) is 0 Å². The Labute approximate surface area is 291 Å². The molecular weight excluding hydrogens is 605 g/mol. The number of hydrogen-bond donors (Lipinski definition) is 0. The van der Waals surface area contributed by atoms with Crippen molar-refractivity contribution in [1.29, 1.82) is 0 Å². The average Bonchev–Trinajstić information content (AvgIpc) is 3.73. The molecule has 0 saturated heterocycles. The van der Waals surface area contributed by atoms with Crippen LogP contribution in [0.3, 0.4) is 0 Å². The first-order valence-corrected chi connectivity index (χ1v) is 17.5. The molecule has 0 amide bonds.